The molecule has 1 aromatic rings. The fraction of sp³-hybridized carbons (Fsp3) is 0.562. The van der Waals surface area contributed by atoms with Gasteiger partial charge in [-0.15, -0.1) is 0 Å². The SMILES string of the molecule is C[C@H]([NH2+][C@H](C)C(=O)NC1CCCC1)c1ccc(Cl)cc1. The number of nitrogens with two attached hydrogens (primary N) is 1. The standard InChI is InChI=1S/C16H23ClN2O/c1-11(13-7-9-14(17)10-8-13)18-12(2)16(20)19-15-5-3-4-6-15/h7-12,15,18H,3-6H2,1-2H3,(H,19,20)/p+1/t11-,12+/m0/s1. The Hall–Kier alpha value is -1.06. The van der Waals surface area contributed by atoms with E-state index < -0.39 is 0 Å². The normalized spacial score (nSPS) is 18.8. The number of nitrogens with one attached hydrogen (secondary N) is 1. The lowest BCUT2D eigenvalue weighted by Gasteiger charge is -2.19. The third kappa shape index (κ3) is 4.22. The third-order valence-electron chi connectivity index (χ3n) is 4.09. The van der Waals surface area contributed by atoms with Crippen LogP contribution in [-0.4, -0.2) is 18.0 Å². The van der Waals surface area contributed by atoms with Crippen molar-refractivity contribution in [3.8, 4) is 0 Å². The van der Waals surface area contributed by atoms with Crippen molar-refractivity contribution in [1.82, 2.24) is 5.32 Å². The summed E-state index contributed by atoms with van der Waals surface area (Å²) in [6.07, 6.45) is 4.74. The average Bonchev–Trinajstić information content (AvgIpc) is 2.92. The maximum Gasteiger partial charge on any atom is 0.278 e. The fourth-order valence-electron chi connectivity index (χ4n) is 2.80. The van der Waals surface area contributed by atoms with Crippen LogP contribution in [0.4, 0.5) is 0 Å². The lowest BCUT2D eigenvalue weighted by atomic mass is 10.1. The molecular weight excluding hydrogens is 272 g/mol. The summed E-state index contributed by atoms with van der Waals surface area (Å²) in [5, 5.41) is 6.00. The summed E-state index contributed by atoms with van der Waals surface area (Å²) in [7, 11) is 0. The lowest BCUT2D eigenvalue weighted by molar-refractivity contribution is -0.710. The molecule has 0 aromatic heterocycles. The van der Waals surface area contributed by atoms with E-state index in [0.29, 0.717) is 6.04 Å². The maximum absolute atomic E-state index is 12.2. The average molecular weight is 296 g/mol. The molecule has 20 heavy (non-hydrogen) atoms. The Labute approximate surface area is 126 Å². The zero-order chi connectivity index (χ0) is 14.5. The first-order valence-electron chi connectivity index (χ1n) is 7.47. The van der Waals surface area contributed by atoms with Crippen LogP contribution in [0.3, 0.4) is 0 Å². The third-order valence-corrected chi connectivity index (χ3v) is 4.34. The van der Waals surface area contributed by atoms with Crippen molar-refractivity contribution >= 4 is 17.5 Å². The molecule has 1 aromatic carbocycles. The molecule has 1 aliphatic rings. The van der Waals surface area contributed by atoms with E-state index in [1.54, 1.807) is 0 Å². The highest BCUT2D eigenvalue weighted by Gasteiger charge is 2.24. The number of benzene rings is 1. The highest BCUT2D eigenvalue weighted by Crippen LogP contribution is 2.17. The molecule has 110 valence electrons. The molecule has 3 N–H and O–H groups in total. The summed E-state index contributed by atoms with van der Waals surface area (Å²) >= 11 is 5.89. The predicted molar refractivity (Wildman–Crippen MR) is 81.7 cm³/mol. The quantitative estimate of drug-likeness (QED) is 0.861. The van der Waals surface area contributed by atoms with Gasteiger partial charge in [0.05, 0.1) is 0 Å². The Kier molecular flexibility index (Phi) is 5.44. The molecule has 1 saturated carbocycles. The van der Waals surface area contributed by atoms with Crippen LogP contribution >= 0.6 is 11.6 Å². The number of carbonyl (C=O) groups excluding carboxylic acids is 1. The number of halogens is 1. The number of hydrogen-bond acceptors (Lipinski definition) is 1. The van der Waals surface area contributed by atoms with Crippen molar-refractivity contribution in [1.29, 1.82) is 0 Å². The van der Waals surface area contributed by atoms with Crippen molar-refractivity contribution in [2.24, 2.45) is 0 Å². The minimum Gasteiger partial charge on any atom is -0.348 e. The second-order valence-corrected chi connectivity index (χ2v) is 6.25. The molecule has 0 radical (unpaired) electrons. The molecular formula is C16H24ClN2O+. The molecule has 1 amide bonds. The van der Waals surface area contributed by atoms with Crippen LogP contribution in [0.5, 0.6) is 0 Å². The van der Waals surface area contributed by atoms with Gasteiger partial charge in [-0.3, -0.25) is 4.79 Å². The Balaban J connectivity index is 1.84. The summed E-state index contributed by atoms with van der Waals surface area (Å²) < 4.78 is 0. The highest BCUT2D eigenvalue weighted by molar-refractivity contribution is 6.30. The monoisotopic (exact) mass is 295 g/mol. The molecule has 1 aliphatic carbocycles. The Morgan fingerprint density at radius 2 is 1.85 bits per heavy atom. The molecule has 4 heteroatoms. The summed E-state index contributed by atoms with van der Waals surface area (Å²) in [6.45, 7) is 4.08. The van der Waals surface area contributed by atoms with E-state index in [2.05, 4.69) is 17.6 Å². The van der Waals surface area contributed by atoms with E-state index in [1.807, 2.05) is 31.2 Å². The van der Waals surface area contributed by atoms with Crippen LogP contribution in [0.25, 0.3) is 0 Å². The van der Waals surface area contributed by atoms with Crippen LogP contribution in [0.1, 0.15) is 51.1 Å². The highest BCUT2D eigenvalue weighted by atomic mass is 35.5. The maximum atomic E-state index is 12.2. The van der Waals surface area contributed by atoms with Gasteiger partial charge < -0.3 is 10.6 Å². The van der Waals surface area contributed by atoms with Gasteiger partial charge in [-0.05, 0) is 38.8 Å². The molecule has 0 saturated heterocycles. The number of quaternary nitrogens is 1. The van der Waals surface area contributed by atoms with Gasteiger partial charge in [-0.2, -0.15) is 0 Å². The van der Waals surface area contributed by atoms with Crippen molar-refractivity contribution in [3.63, 3.8) is 0 Å². The number of rotatable bonds is 5. The molecule has 0 unspecified atom stereocenters. The fourth-order valence-corrected chi connectivity index (χ4v) is 2.93. The Morgan fingerprint density at radius 1 is 1.25 bits per heavy atom. The van der Waals surface area contributed by atoms with Crippen LogP contribution < -0.4 is 10.6 Å². The van der Waals surface area contributed by atoms with Crippen molar-refractivity contribution in [3.05, 3.63) is 34.9 Å². The predicted octanol–water partition coefficient (Wildman–Crippen LogP) is 2.41. The van der Waals surface area contributed by atoms with Gasteiger partial charge in [0.1, 0.15) is 6.04 Å². The van der Waals surface area contributed by atoms with Crippen molar-refractivity contribution in [2.75, 3.05) is 0 Å². The number of amides is 1. The van der Waals surface area contributed by atoms with E-state index in [0.717, 1.165) is 17.9 Å². The van der Waals surface area contributed by atoms with Crippen molar-refractivity contribution in [2.45, 2.75) is 57.7 Å². The van der Waals surface area contributed by atoms with Gasteiger partial charge in [0.2, 0.25) is 0 Å². The van der Waals surface area contributed by atoms with Gasteiger partial charge in [-0.1, -0.05) is 36.6 Å². The van der Waals surface area contributed by atoms with Crippen LogP contribution in [0.15, 0.2) is 24.3 Å². The van der Waals surface area contributed by atoms with Gasteiger partial charge in [-0.25, -0.2) is 0 Å². The van der Waals surface area contributed by atoms with Crippen LogP contribution in [0.2, 0.25) is 5.02 Å². The Bertz CT molecular complexity index is 440. The summed E-state index contributed by atoms with van der Waals surface area (Å²) in [4.78, 5) is 12.2. The smallest absolute Gasteiger partial charge is 0.278 e. The van der Waals surface area contributed by atoms with Crippen LogP contribution in [0, 0.1) is 0 Å². The van der Waals surface area contributed by atoms with E-state index in [9.17, 15) is 4.79 Å². The molecule has 0 heterocycles. The van der Waals surface area contributed by atoms with Crippen molar-refractivity contribution < 1.29 is 10.1 Å². The van der Waals surface area contributed by atoms with E-state index >= 15 is 0 Å². The first-order chi connectivity index (χ1) is 9.56. The topological polar surface area (TPSA) is 45.7 Å². The Morgan fingerprint density at radius 3 is 2.45 bits per heavy atom. The van der Waals surface area contributed by atoms with Gasteiger partial charge >= 0.3 is 0 Å². The largest absolute Gasteiger partial charge is 0.348 e. The molecule has 2 rings (SSSR count). The molecule has 1 fully saturated rings. The number of carbonyl (C=O) groups is 1. The van der Waals surface area contributed by atoms with Gasteiger partial charge in [0, 0.05) is 16.6 Å². The van der Waals surface area contributed by atoms with E-state index in [-0.39, 0.29) is 18.0 Å². The van der Waals surface area contributed by atoms with Gasteiger partial charge in [0.15, 0.2) is 6.04 Å². The second-order valence-electron chi connectivity index (χ2n) is 5.81. The molecule has 0 bridgehead atoms. The van der Waals surface area contributed by atoms with E-state index in [1.165, 1.54) is 18.4 Å². The molecule has 3 nitrogen and oxygen atoms in total. The first kappa shape index (κ1) is 15.3. The molecule has 0 spiro atoms. The second kappa shape index (κ2) is 7.09. The number of hydrogen-bond donors (Lipinski definition) is 2. The van der Waals surface area contributed by atoms with Gasteiger partial charge in [0.25, 0.3) is 5.91 Å². The molecule has 2 atom stereocenters. The zero-order valence-corrected chi connectivity index (χ0v) is 13.0. The zero-order valence-electron chi connectivity index (χ0n) is 12.2. The minimum absolute atomic E-state index is 0.0683. The van der Waals surface area contributed by atoms with Crippen LogP contribution in [-0.2, 0) is 4.79 Å². The van der Waals surface area contributed by atoms with E-state index in [4.69, 9.17) is 11.6 Å². The summed E-state index contributed by atoms with van der Waals surface area (Å²) in [5.41, 5.74) is 1.19. The minimum atomic E-state index is -0.0683. The first-order valence-corrected chi connectivity index (χ1v) is 7.85. The summed E-state index contributed by atoms with van der Waals surface area (Å²) in [6, 6.07) is 8.40. The molecule has 0 aliphatic heterocycles. The summed E-state index contributed by atoms with van der Waals surface area (Å²) in [5.74, 6) is 0.151. The lowest BCUT2D eigenvalue weighted by Crippen LogP contribution is -2.92.